The highest BCUT2D eigenvalue weighted by atomic mass is 32.1. The Bertz CT molecular complexity index is 710. The molecule has 0 spiro atoms. The number of carboxylic acids is 1. The van der Waals surface area contributed by atoms with Crippen molar-refractivity contribution >= 4 is 17.3 Å². The second-order valence-corrected chi connectivity index (χ2v) is 6.62. The van der Waals surface area contributed by atoms with Gasteiger partial charge in [0.15, 0.2) is 0 Å². The van der Waals surface area contributed by atoms with Crippen molar-refractivity contribution in [1.29, 1.82) is 0 Å². The van der Waals surface area contributed by atoms with Crippen LogP contribution in [0.1, 0.15) is 19.5 Å². The summed E-state index contributed by atoms with van der Waals surface area (Å²) < 4.78 is 0. The van der Waals surface area contributed by atoms with E-state index in [-0.39, 0.29) is 6.04 Å². The number of nitrogens with zero attached hydrogens (tertiary/aromatic N) is 2. The summed E-state index contributed by atoms with van der Waals surface area (Å²) >= 11 is 1.62. The number of rotatable bonds is 4. The molecule has 2 atom stereocenters. The molecule has 1 aliphatic rings. The van der Waals surface area contributed by atoms with Crippen LogP contribution in [0.25, 0.3) is 10.6 Å². The SMILES string of the molecule is CC1N(Cc2csc(-c3ccccc3)n2)C=CC1(C)C(=O)O. The van der Waals surface area contributed by atoms with Crippen molar-refractivity contribution in [2.45, 2.75) is 26.4 Å². The van der Waals surface area contributed by atoms with Crippen molar-refractivity contribution in [3.8, 4) is 10.6 Å². The van der Waals surface area contributed by atoms with Gasteiger partial charge in [0.25, 0.3) is 0 Å². The van der Waals surface area contributed by atoms with Crippen molar-refractivity contribution < 1.29 is 9.90 Å². The van der Waals surface area contributed by atoms with Crippen molar-refractivity contribution in [3.05, 3.63) is 53.7 Å². The Balaban J connectivity index is 1.75. The van der Waals surface area contributed by atoms with Crippen molar-refractivity contribution in [2.75, 3.05) is 0 Å². The van der Waals surface area contributed by atoms with Crippen LogP contribution in [0.5, 0.6) is 0 Å². The van der Waals surface area contributed by atoms with Crippen LogP contribution in [0.3, 0.4) is 0 Å². The van der Waals surface area contributed by atoms with E-state index >= 15 is 0 Å². The predicted molar refractivity (Wildman–Crippen MR) is 87.4 cm³/mol. The average molecular weight is 314 g/mol. The van der Waals surface area contributed by atoms with Gasteiger partial charge >= 0.3 is 5.97 Å². The van der Waals surface area contributed by atoms with Crippen molar-refractivity contribution in [3.63, 3.8) is 0 Å². The number of carbonyl (C=O) groups is 1. The van der Waals surface area contributed by atoms with Crippen LogP contribution < -0.4 is 0 Å². The Kier molecular flexibility index (Phi) is 3.74. The zero-order valence-corrected chi connectivity index (χ0v) is 13.4. The monoisotopic (exact) mass is 314 g/mol. The first-order chi connectivity index (χ1) is 10.5. The minimum absolute atomic E-state index is 0.0909. The lowest BCUT2D eigenvalue weighted by Gasteiger charge is -2.30. The minimum Gasteiger partial charge on any atom is -0.481 e. The largest absolute Gasteiger partial charge is 0.481 e. The van der Waals surface area contributed by atoms with Gasteiger partial charge in [-0.25, -0.2) is 4.98 Å². The van der Waals surface area contributed by atoms with Crippen molar-refractivity contribution in [2.24, 2.45) is 5.41 Å². The van der Waals surface area contributed by atoms with E-state index in [0.717, 1.165) is 16.3 Å². The lowest BCUT2D eigenvalue weighted by molar-refractivity contribution is -0.147. The van der Waals surface area contributed by atoms with E-state index in [9.17, 15) is 9.90 Å². The fourth-order valence-corrected chi connectivity index (χ4v) is 3.40. The molecule has 0 radical (unpaired) electrons. The van der Waals surface area contributed by atoms with Crippen molar-refractivity contribution in [1.82, 2.24) is 9.88 Å². The van der Waals surface area contributed by atoms with Crippen LogP contribution in [-0.4, -0.2) is 27.0 Å². The Morgan fingerprint density at radius 2 is 2.14 bits per heavy atom. The minimum atomic E-state index is -0.835. The van der Waals surface area contributed by atoms with E-state index in [2.05, 4.69) is 4.98 Å². The lowest BCUT2D eigenvalue weighted by Crippen LogP contribution is -2.40. The molecule has 0 amide bonds. The second kappa shape index (κ2) is 5.57. The predicted octanol–water partition coefficient (Wildman–Crippen LogP) is 3.62. The van der Waals surface area contributed by atoms with Gasteiger partial charge in [-0.3, -0.25) is 4.79 Å². The van der Waals surface area contributed by atoms with Gasteiger partial charge < -0.3 is 10.0 Å². The highest BCUT2D eigenvalue weighted by Gasteiger charge is 2.43. The zero-order valence-electron chi connectivity index (χ0n) is 12.6. The summed E-state index contributed by atoms with van der Waals surface area (Å²) in [5.74, 6) is -0.790. The molecule has 0 aliphatic carbocycles. The summed E-state index contributed by atoms with van der Waals surface area (Å²) in [5, 5.41) is 12.4. The van der Waals surface area contributed by atoms with Gasteiger partial charge in [0, 0.05) is 17.0 Å². The highest BCUT2D eigenvalue weighted by Crippen LogP contribution is 2.35. The number of carboxylic acid groups (broad SMARTS) is 1. The van der Waals surface area contributed by atoms with E-state index in [0.29, 0.717) is 6.54 Å². The molecular formula is C17H18N2O2S. The number of hydrogen-bond acceptors (Lipinski definition) is 4. The van der Waals surface area contributed by atoms with Gasteiger partial charge in [-0.15, -0.1) is 11.3 Å². The molecule has 0 bridgehead atoms. The Hall–Kier alpha value is -2.14. The number of thiazole rings is 1. The summed E-state index contributed by atoms with van der Waals surface area (Å²) in [7, 11) is 0. The summed E-state index contributed by atoms with van der Waals surface area (Å²) in [6.45, 7) is 4.33. The topological polar surface area (TPSA) is 53.4 Å². The maximum atomic E-state index is 11.4. The second-order valence-electron chi connectivity index (χ2n) is 5.76. The quantitative estimate of drug-likeness (QED) is 0.936. The fourth-order valence-electron chi connectivity index (χ4n) is 2.58. The molecule has 4 nitrogen and oxygen atoms in total. The van der Waals surface area contributed by atoms with Gasteiger partial charge in [0.1, 0.15) is 10.4 Å². The molecule has 1 aromatic heterocycles. The maximum Gasteiger partial charge on any atom is 0.315 e. The third-order valence-corrected chi connectivity index (χ3v) is 5.30. The van der Waals surface area contributed by atoms with E-state index in [1.807, 2.05) is 53.7 Å². The first kappa shape index (κ1) is 14.8. The molecule has 114 valence electrons. The number of benzene rings is 1. The lowest BCUT2D eigenvalue weighted by atomic mass is 9.85. The van der Waals surface area contributed by atoms with Gasteiger partial charge in [-0.1, -0.05) is 30.3 Å². The summed E-state index contributed by atoms with van der Waals surface area (Å²) in [4.78, 5) is 18.1. The molecule has 2 heterocycles. The van der Waals surface area contributed by atoms with Gasteiger partial charge in [-0.2, -0.15) is 0 Å². The summed E-state index contributed by atoms with van der Waals surface area (Å²) in [6.07, 6.45) is 3.64. The van der Waals surface area contributed by atoms with Gasteiger partial charge in [-0.05, 0) is 26.1 Å². The standard InChI is InChI=1S/C17H18N2O2S/c1-12-17(2,16(20)21)8-9-19(12)10-14-11-22-15(18-14)13-6-4-3-5-7-13/h3-9,11-12H,10H2,1-2H3,(H,20,21). The first-order valence-electron chi connectivity index (χ1n) is 7.19. The normalized spacial score (nSPS) is 23.9. The van der Waals surface area contributed by atoms with Gasteiger partial charge in [0.2, 0.25) is 0 Å². The average Bonchev–Trinajstić information content (AvgIpc) is 3.09. The molecule has 2 unspecified atom stereocenters. The van der Waals surface area contributed by atoms with Crippen LogP contribution in [-0.2, 0) is 11.3 Å². The summed E-state index contributed by atoms with van der Waals surface area (Å²) in [6, 6.07) is 9.98. The molecule has 2 aromatic rings. The molecule has 5 heteroatoms. The number of aliphatic carboxylic acids is 1. The maximum absolute atomic E-state index is 11.4. The molecule has 1 N–H and O–H groups in total. The molecular weight excluding hydrogens is 296 g/mol. The van der Waals surface area contributed by atoms with Crippen LogP contribution >= 0.6 is 11.3 Å². The molecule has 0 saturated heterocycles. The molecule has 0 saturated carbocycles. The van der Waals surface area contributed by atoms with E-state index in [1.54, 1.807) is 24.3 Å². The zero-order chi connectivity index (χ0) is 15.7. The smallest absolute Gasteiger partial charge is 0.315 e. The first-order valence-corrected chi connectivity index (χ1v) is 8.07. The molecule has 3 rings (SSSR count). The molecule has 1 aromatic carbocycles. The third kappa shape index (κ3) is 2.52. The Labute approximate surface area is 133 Å². The van der Waals surface area contributed by atoms with E-state index in [1.165, 1.54) is 0 Å². The van der Waals surface area contributed by atoms with Crippen LogP contribution in [0.4, 0.5) is 0 Å². The fraction of sp³-hybridized carbons (Fsp3) is 0.294. The van der Waals surface area contributed by atoms with Crippen LogP contribution in [0, 0.1) is 5.41 Å². The van der Waals surface area contributed by atoms with E-state index in [4.69, 9.17) is 0 Å². The number of hydrogen-bond donors (Lipinski definition) is 1. The molecule has 1 aliphatic heterocycles. The molecule has 0 fully saturated rings. The van der Waals surface area contributed by atoms with Crippen LogP contribution in [0.2, 0.25) is 0 Å². The Morgan fingerprint density at radius 1 is 1.41 bits per heavy atom. The Morgan fingerprint density at radius 3 is 2.77 bits per heavy atom. The summed E-state index contributed by atoms with van der Waals surface area (Å²) in [5.41, 5.74) is 1.24. The van der Waals surface area contributed by atoms with Gasteiger partial charge in [0.05, 0.1) is 12.2 Å². The number of aromatic nitrogens is 1. The highest BCUT2D eigenvalue weighted by molar-refractivity contribution is 7.13. The molecule has 22 heavy (non-hydrogen) atoms. The third-order valence-electron chi connectivity index (χ3n) is 4.36. The van der Waals surface area contributed by atoms with Crippen LogP contribution in [0.15, 0.2) is 48.0 Å². The van der Waals surface area contributed by atoms with E-state index < -0.39 is 11.4 Å².